The van der Waals surface area contributed by atoms with Crippen molar-refractivity contribution in [1.82, 2.24) is 25.0 Å². The standard InChI is InChI=1S/C10H13N5O3/c1-2-7-10(18)13-8(16)3-15(7)9(17)4-14-6-11-5-12-14/h5-7H,2-4H2,1H3,(H,13,16,18). The number of rotatable bonds is 3. The van der Waals surface area contributed by atoms with Gasteiger partial charge in [-0.3, -0.25) is 19.7 Å². The van der Waals surface area contributed by atoms with Crippen LogP contribution in [0.4, 0.5) is 0 Å². The third-order valence-corrected chi connectivity index (χ3v) is 2.73. The molecular weight excluding hydrogens is 238 g/mol. The third-order valence-electron chi connectivity index (χ3n) is 2.73. The molecule has 8 heteroatoms. The van der Waals surface area contributed by atoms with Gasteiger partial charge in [-0.05, 0) is 6.42 Å². The lowest BCUT2D eigenvalue weighted by atomic mass is 10.1. The average Bonchev–Trinajstić information content (AvgIpc) is 2.80. The van der Waals surface area contributed by atoms with Gasteiger partial charge < -0.3 is 4.90 Å². The van der Waals surface area contributed by atoms with Crippen molar-refractivity contribution >= 4 is 17.7 Å². The number of piperazine rings is 1. The maximum atomic E-state index is 12.0. The predicted molar refractivity (Wildman–Crippen MR) is 59.0 cm³/mol. The molecule has 1 saturated heterocycles. The van der Waals surface area contributed by atoms with E-state index in [0.717, 1.165) is 0 Å². The van der Waals surface area contributed by atoms with Crippen molar-refractivity contribution in [3.05, 3.63) is 12.7 Å². The molecule has 1 aromatic heterocycles. The van der Waals surface area contributed by atoms with E-state index in [4.69, 9.17) is 0 Å². The Morgan fingerprint density at radius 1 is 1.56 bits per heavy atom. The van der Waals surface area contributed by atoms with Gasteiger partial charge in [0.2, 0.25) is 17.7 Å². The van der Waals surface area contributed by atoms with Crippen LogP contribution in [0.1, 0.15) is 13.3 Å². The molecule has 0 spiro atoms. The molecule has 8 nitrogen and oxygen atoms in total. The second-order valence-corrected chi connectivity index (χ2v) is 3.95. The van der Waals surface area contributed by atoms with Crippen LogP contribution in [0.5, 0.6) is 0 Å². The van der Waals surface area contributed by atoms with Crippen molar-refractivity contribution in [3.63, 3.8) is 0 Å². The van der Waals surface area contributed by atoms with Crippen LogP contribution in [-0.2, 0) is 20.9 Å². The molecule has 2 rings (SSSR count). The zero-order valence-electron chi connectivity index (χ0n) is 9.87. The van der Waals surface area contributed by atoms with E-state index in [1.165, 1.54) is 22.2 Å². The molecule has 3 amide bonds. The smallest absolute Gasteiger partial charge is 0.249 e. The van der Waals surface area contributed by atoms with E-state index in [2.05, 4.69) is 15.4 Å². The quantitative estimate of drug-likeness (QED) is 0.662. The van der Waals surface area contributed by atoms with Gasteiger partial charge in [0.15, 0.2) is 0 Å². The first-order chi connectivity index (χ1) is 8.61. The van der Waals surface area contributed by atoms with E-state index in [-0.39, 0.29) is 19.0 Å². The van der Waals surface area contributed by atoms with E-state index in [9.17, 15) is 14.4 Å². The minimum absolute atomic E-state index is 0.0307. The number of carbonyl (C=O) groups is 3. The summed E-state index contributed by atoms with van der Waals surface area (Å²) in [4.78, 5) is 39.9. The number of hydrogen-bond donors (Lipinski definition) is 1. The summed E-state index contributed by atoms with van der Waals surface area (Å²) < 4.78 is 1.35. The van der Waals surface area contributed by atoms with Crippen molar-refractivity contribution < 1.29 is 14.4 Å². The molecule has 1 N–H and O–H groups in total. The number of carbonyl (C=O) groups excluding carboxylic acids is 3. The molecule has 1 atom stereocenters. The number of imide groups is 1. The van der Waals surface area contributed by atoms with Gasteiger partial charge in [0.25, 0.3) is 0 Å². The van der Waals surface area contributed by atoms with Crippen molar-refractivity contribution in [3.8, 4) is 0 Å². The number of amides is 3. The molecule has 0 radical (unpaired) electrons. The van der Waals surface area contributed by atoms with Gasteiger partial charge in [0.1, 0.15) is 31.8 Å². The van der Waals surface area contributed by atoms with Gasteiger partial charge >= 0.3 is 0 Å². The van der Waals surface area contributed by atoms with E-state index >= 15 is 0 Å². The average molecular weight is 251 g/mol. The number of aromatic nitrogens is 3. The Labute approximate surface area is 103 Å². The third kappa shape index (κ3) is 2.36. The first-order valence-electron chi connectivity index (χ1n) is 5.57. The summed E-state index contributed by atoms with van der Waals surface area (Å²) in [5, 5.41) is 6.03. The van der Waals surface area contributed by atoms with Crippen molar-refractivity contribution in [2.24, 2.45) is 0 Å². The van der Waals surface area contributed by atoms with Gasteiger partial charge in [0.05, 0.1) is 0 Å². The molecule has 0 aliphatic carbocycles. The summed E-state index contributed by atoms with van der Waals surface area (Å²) in [5.74, 6) is -1.21. The summed E-state index contributed by atoms with van der Waals surface area (Å²) in [6, 6.07) is -0.598. The summed E-state index contributed by atoms with van der Waals surface area (Å²) >= 11 is 0. The van der Waals surface area contributed by atoms with E-state index in [1.807, 2.05) is 0 Å². The lowest BCUT2D eigenvalue weighted by Gasteiger charge is -2.33. The largest absolute Gasteiger partial charge is 0.320 e. The Morgan fingerprint density at radius 2 is 2.33 bits per heavy atom. The summed E-state index contributed by atoms with van der Waals surface area (Å²) in [6.45, 7) is 1.66. The number of nitrogens with zero attached hydrogens (tertiary/aromatic N) is 4. The normalized spacial score (nSPS) is 19.8. The fourth-order valence-electron chi connectivity index (χ4n) is 1.88. The summed E-state index contributed by atoms with van der Waals surface area (Å²) in [5.41, 5.74) is 0. The fourth-order valence-corrected chi connectivity index (χ4v) is 1.88. The number of hydrogen-bond acceptors (Lipinski definition) is 5. The van der Waals surface area contributed by atoms with Crippen LogP contribution in [0.25, 0.3) is 0 Å². The van der Waals surface area contributed by atoms with E-state index < -0.39 is 17.9 Å². The highest BCUT2D eigenvalue weighted by atomic mass is 16.2. The SMILES string of the molecule is CCC1C(=O)NC(=O)CN1C(=O)Cn1cncn1. The second kappa shape index (κ2) is 4.94. The Hall–Kier alpha value is -2.25. The highest BCUT2D eigenvalue weighted by Crippen LogP contribution is 2.10. The van der Waals surface area contributed by atoms with Crippen LogP contribution in [-0.4, -0.2) is 50.0 Å². The van der Waals surface area contributed by atoms with E-state index in [1.54, 1.807) is 6.92 Å². The van der Waals surface area contributed by atoms with Crippen LogP contribution in [0.15, 0.2) is 12.7 Å². The van der Waals surface area contributed by atoms with Gasteiger partial charge in [-0.15, -0.1) is 0 Å². The Morgan fingerprint density at radius 3 is 2.94 bits per heavy atom. The molecule has 0 aromatic carbocycles. The van der Waals surface area contributed by atoms with Crippen molar-refractivity contribution in [1.29, 1.82) is 0 Å². The Kier molecular flexibility index (Phi) is 3.35. The molecule has 2 heterocycles. The van der Waals surface area contributed by atoms with Crippen molar-refractivity contribution in [2.75, 3.05) is 6.54 Å². The molecule has 0 saturated carbocycles. The Balaban J connectivity index is 2.11. The Bertz CT molecular complexity index is 470. The highest BCUT2D eigenvalue weighted by molar-refractivity contribution is 6.04. The first-order valence-corrected chi connectivity index (χ1v) is 5.57. The zero-order valence-corrected chi connectivity index (χ0v) is 9.87. The molecule has 1 aliphatic rings. The fraction of sp³-hybridized carbons (Fsp3) is 0.500. The summed E-state index contributed by atoms with van der Waals surface area (Å²) in [7, 11) is 0. The lowest BCUT2D eigenvalue weighted by molar-refractivity contribution is -0.150. The van der Waals surface area contributed by atoms with Crippen LogP contribution >= 0.6 is 0 Å². The number of nitrogens with one attached hydrogen (secondary N) is 1. The minimum atomic E-state index is -0.598. The van der Waals surface area contributed by atoms with E-state index in [0.29, 0.717) is 6.42 Å². The molecule has 1 fully saturated rings. The van der Waals surface area contributed by atoms with Crippen LogP contribution in [0.3, 0.4) is 0 Å². The molecular formula is C10H13N5O3. The van der Waals surface area contributed by atoms with Crippen molar-refractivity contribution in [2.45, 2.75) is 25.9 Å². The maximum Gasteiger partial charge on any atom is 0.249 e. The lowest BCUT2D eigenvalue weighted by Crippen LogP contribution is -2.60. The molecule has 18 heavy (non-hydrogen) atoms. The van der Waals surface area contributed by atoms with Gasteiger partial charge in [-0.1, -0.05) is 6.92 Å². The minimum Gasteiger partial charge on any atom is -0.320 e. The maximum absolute atomic E-state index is 12.0. The topological polar surface area (TPSA) is 97.2 Å². The molecule has 0 bridgehead atoms. The van der Waals surface area contributed by atoms with Crippen LogP contribution in [0.2, 0.25) is 0 Å². The van der Waals surface area contributed by atoms with Gasteiger partial charge in [-0.25, -0.2) is 9.67 Å². The second-order valence-electron chi connectivity index (χ2n) is 3.95. The molecule has 1 aromatic rings. The molecule has 1 aliphatic heterocycles. The summed E-state index contributed by atoms with van der Waals surface area (Å²) in [6.07, 6.45) is 3.19. The van der Waals surface area contributed by atoms with Crippen LogP contribution < -0.4 is 5.32 Å². The first kappa shape index (κ1) is 12.2. The van der Waals surface area contributed by atoms with Crippen LogP contribution in [0, 0.1) is 0 Å². The molecule has 1 unspecified atom stereocenters. The zero-order chi connectivity index (χ0) is 13.1. The predicted octanol–water partition coefficient (Wildman–Crippen LogP) is -1.46. The highest BCUT2D eigenvalue weighted by Gasteiger charge is 2.35. The van der Waals surface area contributed by atoms with Gasteiger partial charge in [-0.2, -0.15) is 5.10 Å². The molecule has 96 valence electrons. The van der Waals surface area contributed by atoms with Gasteiger partial charge in [0, 0.05) is 0 Å². The monoisotopic (exact) mass is 251 g/mol.